The molecule has 2 atom stereocenters. The van der Waals surface area contributed by atoms with E-state index in [2.05, 4.69) is 34.2 Å². The number of nitrogens with zero attached hydrogens (tertiary/aromatic N) is 8. The molecule has 8 aromatic rings. The van der Waals surface area contributed by atoms with Crippen LogP contribution >= 0.6 is 46.2 Å². The number of anilines is 2. The van der Waals surface area contributed by atoms with Gasteiger partial charge in [-0.3, -0.25) is 54.0 Å². The summed E-state index contributed by atoms with van der Waals surface area (Å²) in [5, 5.41) is 70.4. The van der Waals surface area contributed by atoms with E-state index in [1.165, 1.54) is 59.9 Å². The molecule has 26 heteroatoms. The number of ether oxygens (including phenoxy) is 2. The van der Waals surface area contributed by atoms with Crippen LogP contribution in [0.25, 0.3) is 11.5 Å². The number of unbranched alkanes of at least 4 members (excludes halogenated alkanes) is 2. The van der Waals surface area contributed by atoms with E-state index in [9.17, 15) is 49.6 Å². The molecule has 0 aliphatic carbocycles. The van der Waals surface area contributed by atoms with Gasteiger partial charge in [0.25, 0.3) is 28.9 Å². The number of aliphatic hydroxyl groups excluding tert-OH is 2. The van der Waals surface area contributed by atoms with E-state index >= 15 is 0 Å². The Morgan fingerprint density at radius 2 is 0.909 bits per heavy atom. The number of carbonyl (C=O) groups is 5. The van der Waals surface area contributed by atoms with Crippen LogP contribution in [-0.2, 0) is 35.5 Å². The first-order chi connectivity index (χ1) is 42.5. The Bertz CT molecular complexity index is 3630. The van der Waals surface area contributed by atoms with Crippen molar-refractivity contribution in [3.63, 3.8) is 0 Å². The first kappa shape index (κ1) is 64.4. The molecule has 2 aromatic heterocycles. The molecule has 0 saturated carbocycles. The second-order valence-electron chi connectivity index (χ2n) is 19.3. The van der Waals surface area contributed by atoms with Crippen molar-refractivity contribution in [2.24, 2.45) is 0 Å². The fourth-order valence-electron chi connectivity index (χ4n) is 8.86. The van der Waals surface area contributed by atoms with Crippen LogP contribution in [0.1, 0.15) is 91.9 Å². The SMILES string of the molecule is CC(=O)O.CCCCOc1ccc(C(O)=C2C(=O)C(=O)N(c3nnc(SCc4ccccc4)s3)C2c2cccc([N+](=O)[O-])c2)cc1.CCCCOc1ccc(C(O)=C2C(=O)C(=O)N(c3nnc(SCc4ccccc4)s3)C2c2cccc([N+](=O)[O-])c2)cc1. The number of benzene rings is 6. The van der Waals surface area contributed by atoms with E-state index in [0.717, 1.165) is 76.2 Å². The lowest BCUT2D eigenvalue weighted by atomic mass is 9.95. The fourth-order valence-corrected chi connectivity index (χ4v) is 12.5. The quantitative estimate of drug-likeness (QED) is 0.00830. The van der Waals surface area contributed by atoms with Gasteiger partial charge in [-0.05, 0) is 83.6 Å². The van der Waals surface area contributed by atoms with Crippen LogP contribution in [0.5, 0.6) is 11.5 Å². The molecule has 0 bridgehead atoms. The average molecular weight is 1270 g/mol. The van der Waals surface area contributed by atoms with E-state index in [-0.39, 0.29) is 43.9 Å². The molecule has 88 heavy (non-hydrogen) atoms. The van der Waals surface area contributed by atoms with Crippen molar-refractivity contribution in [3.05, 3.63) is 222 Å². The molecule has 4 heterocycles. The number of aromatic nitrogens is 4. The van der Waals surface area contributed by atoms with E-state index in [1.54, 1.807) is 60.7 Å². The molecule has 6 aromatic carbocycles. The maximum atomic E-state index is 13.5. The average Bonchev–Trinajstić information content (AvgIpc) is 2.11. The van der Waals surface area contributed by atoms with Crippen molar-refractivity contribution in [2.75, 3.05) is 23.0 Å². The fraction of sp³-hybridized carbons (Fsp3) is 0.210. The van der Waals surface area contributed by atoms with E-state index in [0.29, 0.717) is 56.0 Å². The molecular formula is C62H56N8O14S4. The normalized spacial score (nSPS) is 15.7. The Balaban J connectivity index is 0.000000215. The molecule has 2 unspecified atom stereocenters. The van der Waals surface area contributed by atoms with Crippen LogP contribution in [0.4, 0.5) is 21.6 Å². The number of rotatable bonds is 22. The number of thioether (sulfide) groups is 2. The third-order valence-electron chi connectivity index (χ3n) is 13.1. The van der Waals surface area contributed by atoms with Gasteiger partial charge in [0.1, 0.15) is 23.0 Å². The van der Waals surface area contributed by atoms with Crippen molar-refractivity contribution >= 4 is 109 Å². The predicted octanol–water partition coefficient (Wildman–Crippen LogP) is 13.2. The maximum Gasteiger partial charge on any atom is 0.301 e. The van der Waals surface area contributed by atoms with Crippen molar-refractivity contribution in [2.45, 2.75) is 78.7 Å². The standard InChI is InChI=1S/2C30H26N4O6S2.C2H4O2/c2*1-2-3-16-40-23-14-12-20(13-15-23)26(35)24-25(21-10-7-11-22(17-21)34(38)39)33(28(37)27(24)36)29-31-32-30(42-29)41-18-19-8-5-4-6-9-19;1-2(3)4/h2*4-15,17,25,35H,2-3,16,18H2,1H3;1H3,(H,3,4). The molecular weight excluding hydrogens is 1210 g/mol. The molecule has 2 aliphatic rings. The number of aliphatic carboxylic acids is 1. The number of carboxylic acids is 1. The zero-order chi connectivity index (χ0) is 62.9. The number of hydrogen-bond acceptors (Lipinski definition) is 21. The molecule has 2 amide bonds. The predicted molar refractivity (Wildman–Crippen MR) is 335 cm³/mol. The number of nitro benzene ring substituents is 2. The second kappa shape index (κ2) is 30.6. The van der Waals surface area contributed by atoms with Crippen molar-refractivity contribution in [1.29, 1.82) is 0 Å². The molecule has 0 spiro atoms. The summed E-state index contributed by atoms with van der Waals surface area (Å²) in [7, 11) is 0. The molecule has 0 radical (unpaired) electrons. The Hall–Kier alpha value is -9.63. The van der Waals surface area contributed by atoms with E-state index in [1.807, 2.05) is 60.7 Å². The highest BCUT2D eigenvalue weighted by molar-refractivity contribution is 8.00. The Morgan fingerprint density at radius 1 is 0.545 bits per heavy atom. The smallest absolute Gasteiger partial charge is 0.301 e. The monoisotopic (exact) mass is 1260 g/mol. The van der Waals surface area contributed by atoms with Crippen LogP contribution in [0, 0.1) is 20.2 Å². The molecule has 452 valence electrons. The first-order valence-corrected chi connectivity index (χ1v) is 30.8. The number of nitro groups is 2. The molecule has 3 N–H and O–H groups in total. The minimum absolute atomic E-state index is 0.142. The Morgan fingerprint density at radius 3 is 1.25 bits per heavy atom. The van der Waals surface area contributed by atoms with Gasteiger partial charge in [0, 0.05) is 53.8 Å². The zero-order valence-corrected chi connectivity index (χ0v) is 50.6. The lowest BCUT2D eigenvalue weighted by Crippen LogP contribution is -2.29. The number of carboxylic acid groups (broad SMARTS) is 1. The maximum absolute atomic E-state index is 13.5. The number of hydrogen-bond donors (Lipinski definition) is 3. The van der Waals surface area contributed by atoms with Gasteiger partial charge in [-0.25, -0.2) is 0 Å². The van der Waals surface area contributed by atoms with Gasteiger partial charge in [0.15, 0.2) is 8.68 Å². The summed E-state index contributed by atoms with van der Waals surface area (Å²) in [4.78, 5) is 87.1. The summed E-state index contributed by atoms with van der Waals surface area (Å²) in [6.07, 6.45) is 3.76. The number of carbonyl (C=O) groups excluding carboxylic acids is 4. The third-order valence-corrected chi connectivity index (χ3v) is 17.3. The number of non-ortho nitro benzene ring substituents is 2. The summed E-state index contributed by atoms with van der Waals surface area (Å²) >= 11 is 5.11. The second-order valence-corrected chi connectivity index (χ2v) is 23.6. The van der Waals surface area contributed by atoms with Gasteiger partial charge in [-0.1, -0.05) is 158 Å². The van der Waals surface area contributed by atoms with Gasteiger partial charge >= 0.3 is 11.8 Å². The largest absolute Gasteiger partial charge is 0.507 e. The number of Topliss-reactive ketones (excluding diaryl/α,β-unsaturated/α-hetero) is 2. The molecule has 2 aliphatic heterocycles. The zero-order valence-electron chi connectivity index (χ0n) is 47.4. The lowest BCUT2D eigenvalue weighted by Gasteiger charge is -2.22. The summed E-state index contributed by atoms with van der Waals surface area (Å²) in [6, 6.07) is 41.6. The molecule has 22 nitrogen and oxygen atoms in total. The highest BCUT2D eigenvalue weighted by Crippen LogP contribution is 2.47. The molecule has 2 saturated heterocycles. The highest BCUT2D eigenvalue weighted by Gasteiger charge is 2.50. The third kappa shape index (κ3) is 16.1. The number of aliphatic hydroxyl groups is 2. The Kier molecular flexibility index (Phi) is 22.4. The first-order valence-electron chi connectivity index (χ1n) is 27.2. The topological polar surface area (TPSA) is 309 Å². The minimum atomic E-state index is -1.16. The number of ketones is 2. The van der Waals surface area contributed by atoms with Crippen LogP contribution in [-0.4, -0.2) is 88.1 Å². The van der Waals surface area contributed by atoms with Crippen molar-refractivity contribution in [1.82, 2.24) is 20.4 Å². The summed E-state index contributed by atoms with van der Waals surface area (Å²) in [6.45, 7) is 6.30. The van der Waals surface area contributed by atoms with E-state index in [4.69, 9.17) is 19.4 Å². The summed E-state index contributed by atoms with van der Waals surface area (Å²) in [5.74, 6) is -2.88. The van der Waals surface area contributed by atoms with Gasteiger partial charge in [-0.2, -0.15) is 0 Å². The number of amides is 2. The van der Waals surface area contributed by atoms with E-state index < -0.39 is 62.8 Å². The van der Waals surface area contributed by atoms with Gasteiger partial charge < -0.3 is 24.8 Å². The van der Waals surface area contributed by atoms with Crippen LogP contribution in [0.2, 0.25) is 0 Å². The van der Waals surface area contributed by atoms with Gasteiger partial charge in [0.2, 0.25) is 10.3 Å². The van der Waals surface area contributed by atoms with Crippen LogP contribution < -0.4 is 19.3 Å². The molecule has 2 fully saturated rings. The van der Waals surface area contributed by atoms with Crippen molar-refractivity contribution in [3.8, 4) is 11.5 Å². The minimum Gasteiger partial charge on any atom is -0.507 e. The van der Waals surface area contributed by atoms with Gasteiger partial charge in [-0.15, -0.1) is 20.4 Å². The van der Waals surface area contributed by atoms with Crippen LogP contribution in [0.15, 0.2) is 178 Å². The van der Waals surface area contributed by atoms with Crippen LogP contribution in [0.3, 0.4) is 0 Å². The summed E-state index contributed by atoms with van der Waals surface area (Å²) < 4.78 is 12.5. The highest BCUT2D eigenvalue weighted by atomic mass is 32.2. The molecule has 10 rings (SSSR count). The Labute approximate surface area is 520 Å². The lowest BCUT2D eigenvalue weighted by molar-refractivity contribution is -0.385. The van der Waals surface area contributed by atoms with Crippen molar-refractivity contribution < 1.29 is 58.6 Å². The summed E-state index contributed by atoms with van der Waals surface area (Å²) in [5.41, 5.74) is 2.46. The van der Waals surface area contributed by atoms with Gasteiger partial charge in [0.05, 0.1) is 46.3 Å².